The molecule has 0 unspecified atom stereocenters. The number of nitrogens with two attached hydrogens (primary N) is 1. The van der Waals surface area contributed by atoms with Gasteiger partial charge in [-0.3, -0.25) is 9.59 Å². The van der Waals surface area contributed by atoms with Crippen LogP contribution in [-0.4, -0.2) is 25.7 Å². The third kappa shape index (κ3) is 3.24. The van der Waals surface area contributed by atoms with Gasteiger partial charge in [0.05, 0.1) is 6.26 Å². The summed E-state index contributed by atoms with van der Waals surface area (Å²) in [4.78, 5) is 26.9. The molecule has 27 heavy (non-hydrogen) atoms. The van der Waals surface area contributed by atoms with Crippen LogP contribution in [0.2, 0.25) is 0 Å². The summed E-state index contributed by atoms with van der Waals surface area (Å²) in [6.07, 6.45) is 1.58. The number of thioether (sulfide) groups is 1. The van der Waals surface area contributed by atoms with Gasteiger partial charge >= 0.3 is 0 Å². The van der Waals surface area contributed by atoms with Crippen molar-refractivity contribution in [1.82, 2.24) is 19.7 Å². The number of aromatic nitrogens is 4. The molecular formula is C18H15N5O3S. The molecule has 0 saturated carbocycles. The molecule has 136 valence electrons. The normalized spacial score (nSPS) is 11.1. The SMILES string of the molecule is Cn1c(SCc2cc(=O)c3cc(C(N)=O)ccc3[nH]2)nnc1-c1ccco1. The number of hydrogen-bond donors (Lipinski definition) is 2. The van der Waals surface area contributed by atoms with Crippen molar-refractivity contribution < 1.29 is 9.21 Å². The zero-order valence-corrected chi connectivity index (χ0v) is 15.1. The van der Waals surface area contributed by atoms with Crippen LogP contribution in [-0.2, 0) is 12.8 Å². The fourth-order valence-electron chi connectivity index (χ4n) is 2.74. The van der Waals surface area contributed by atoms with Crippen LogP contribution in [0.4, 0.5) is 0 Å². The van der Waals surface area contributed by atoms with Gasteiger partial charge < -0.3 is 19.7 Å². The maximum Gasteiger partial charge on any atom is 0.248 e. The Morgan fingerprint density at radius 2 is 2.15 bits per heavy atom. The van der Waals surface area contributed by atoms with Gasteiger partial charge in [-0.2, -0.15) is 0 Å². The molecule has 3 heterocycles. The fraction of sp³-hybridized carbons (Fsp3) is 0.111. The minimum Gasteiger partial charge on any atom is -0.461 e. The lowest BCUT2D eigenvalue weighted by Crippen LogP contribution is -2.12. The van der Waals surface area contributed by atoms with Gasteiger partial charge in [0.25, 0.3) is 0 Å². The van der Waals surface area contributed by atoms with Gasteiger partial charge in [-0.25, -0.2) is 0 Å². The predicted molar refractivity (Wildman–Crippen MR) is 101 cm³/mol. The summed E-state index contributed by atoms with van der Waals surface area (Å²) in [6.45, 7) is 0. The zero-order chi connectivity index (χ0) is 19.0. The number of benzene rings is 1. The summed E-state index contributed by atoms with van der Waals surface area (Å²) in [5.41, 5.74) is 6.80. The van der Waals surface area contributed by atoms with Gasteiger partial charge in [0, 0.05) is 41.0 Å². The summed E-state index contributed by atoms with van der Waals surface area (Å²) in [6, 6.07) is 9.91. The predicted octanol–water partition coefficient (Wildman–Crippen LogP) is 2.31. The minimum atomic E-state index is -0.564. The Bertz CT molecular complexity index is 1190. The summed E-state index contributed by atoms with van der Waals surface area (Å²) in [5, 5.41) is 9.45. The Morgan fingerprint density at radius 3 is 2.89 bits per heavy atom. The van der Waals surface area contributed by atoms with Crippen LogP contribution in [0.3, 0.4) is 0 Å². The average molecular weight is 381 g/mol. The van der Waals surface area contributed by atoms with Crippen molar-refractivity contribution in [3.05, 3.63) is 64.1 Å². The number of carbonyl (C=O) groups excluding carboxylic acids is 1. The molecule has 0 fully saturated rings. The van der Waals surface area contributed by atoms with Crippen LogP contribution in [0.5, 0.6) is 0 Å². The lowest BCUT2D eigenvalue weighted by molar-refractivity contribution is 0.100. The maximum absolute atomic E-state index is 12.4. The lowest BCUT2D eigenvalue weighted by atomic mass is 10.1. The Kier molecular flexibility index (Phi) is 4.28. The molecule has 0 aliphatic rings. The first-order valence-corrected chi connectivity index (χ1v) is 9.03. The van der Waals surface area contributed by atoms with Gasteiger partial charge in [-0.1, -0.05) is 11.8 Å². The highest BCUT2D eigenvalue weighted by atomic mass is 32.2. The summed E-state index contributed by atoms with van der Waals surface area (Å²) in [5.74, 6) is 1.22. The summed E-state index contributed by atoms with van der Waals surface area (Å²) in [7, 11) is 1.86. The van der Waals surface area contributed by atoms with Crippen LogP contribution in [0.1, 0.15) is 16.1 Å². The number of primary amides is 1. The molecule has 0 aliphatic heterocycles. The van der Waals surface area contributed by atoms with E-state index >= 15 is 0 Å². The molecule has 1 amide bonds. The first-order chi connectivity index (χ1) is 13.0. The molecule has 0 spiro atoms. The van der Waals surface area contributed by atoms with E-state index in [1.807, 2.05) is 17.7 Å². The monoisotopic (exact) mass is 381 g/mol. The van der Waals surface area contributed by atoms with E-state index < -0.39 is 5.91 Å². The zero-order valence-electron chi connectivity index (χ0n) is 14.3. The number of rotatable bonds is 5. The summed E-state index contributed by atoms with van der Waals surface area (Å²) >= 11 is 1.45. The highest BCUT2D eigenvalue weighted by Gasteiger charge is 2.14. The third-order valence-electron chi connectivity index (χ3n) is 4.10. The van der Waals surface area contributed by atoms with E-state index in [2.05, 4.69) is 15.2 Å². The van der Waals surface area contributed by atoms with E-state index in [1.165, 1.54) is 23.9 Å². The van der Waals surface area contributed by atoms with Crippen LogP contribution in [0, 0.1) is 0 Å². The van der Waals surface area contributed by atoms with E-state index in [9.17, 15) is 9.59 Å². The second-order valence-electron chi connectivity index (χ2n) is 5.91. The Hall–Kier alpha value is -3.33. The largest absolute Gasteiger partial charge is 0.461 e. The van der Waals surface area contributed by atoms with E-state index in [1.54, 1.807) is 24.5 Å². The molecule has 0 aliphatic carbocycles. The van der Waals surface area contributed by atoms with Gasteiger partial charge in [-0.05, 0) is 30.3 Å². The summed E-state index contributed by atoms with van der Waals surface area (Å²) < 4.78 is 7.19. The van der Waals surface area contributed by atoms with Gasteiger partial charge in [0.1, 0.15) is 0 Å². The molecule has 0 bridgehead atoms. The maximum atomic E-state index is 12.4. The molecule has 3 N–H and O–H groups in total. The number of pyridine rings is 1. The lowest BCUT2D eigenvalue weighted by Gasteiger charge is -2.06. The quantitative estimate of drug-likeness (QED) is 0.512. The molecule has 4 aromatic rings. The van der Waals surface area contributed by atoms with Crippen LogP contribution in [0.15, 0.2) is 57.0 Å². The number of nitrogens with zero attached hydrogens (tertiary/aromatic N) is 3. The third-order valence-corrected chi connectivity index (χ3v) is 5.17. The van der Waals surface area contributed by atoms with Crippen molar-refractivity contribution in [1.29, 1.82) is 0 Å². The molecule has 0 atom stereocenters. The van der Waals surface area contributed by atoms with Crippen molar-refractivity contribution >= 4 is 28.6 Å². The van der Waals surface area contributed by atoms with Crippen molar-refractivity contribution in [2.45, 2.75) is 10.9 Å². The van der Waals surface area contributed by atoms with Gasteiger partial charge in [0.15, 0.2) is 22.2 Å². The Labute approximate surface area is 157 Å². The Balaban J connectivity index is 1.59. The number of nitrogens with one attached hydrogen (secondary N) is 1. The second kappa shape index (κ2) is 6.76. The number of carbonyl (C=O) groups is 1. The van der Waals surface area contributed by atoms with Crippen molar-refractivity contribution in [2.75, 3.05) is 0 Å². The standard InChI is InChI=1S/C18H15N5O3S/c1-23-17(15-3-2-6-26-15)21-22-18(23)27-9-11-8-14(24)12-7-10(16(19)25)4-5-13(12)20-11/h2-8H,9H2,1H3,(H2,19,25)(H,20,24). The smallest absolute Gasteiger partial charge is 0.248 e. The highest BCUT2D eigenvalue weighted by molar-refractivity contribution is 7.98. The molecule has 8 nitrogen and oxygen atoms in total. The second-order valence-corrected chi connectivity index (χ2v) is 6.86. The van der Waals surface area contributed by atoms with Crippen LogP contribution in [0.25, 0.3) is 22.5 Å². The van der Waals surface area contributed by atoms with E-state index in [0.717, 1.165) is 5.69 Å². The molecular weight excluding hydrogens is 366 g/mol. The molecule has 9 heteroatoms. The van der Waals surface area contributed by atoms with Gasteiger partial charge in [0.2, 0.25) is 5.91 Å². The number of H-pyrrole nitrogens is 1. The first kappa shape index (κ1) is 17.1. The molecule has 0 saturated heterocycles. The van der Waals surface area contributed by atoms with E-state index in [4.69, 9.17) is 10.2 Å². The highest BCUT2D eigenvalue weighted by Crippen LogP contribution is 2.25. The topological polar surface area (TPSA) is 120 Å². The number of furan rings is 1. The fourth-order valence-corrected chi connectivity index (χ4v) is 3.56. The molecule has 0 radical (unpaired) electrons. The van der Waals surface area contributed by atoms with Crippen molar-refractivity contribution in [2.24, 2.45) is 12.8 Å². The van der Waals surface area contributed by atoms with Gasteiger partial charge in [-0.15, -0.1) is 10.2 Å². The molecule has 3 aromatic heterocycles. The minimum absolute atomic E-state index is 0.170. The van der Waals surface area contributed by atoms with Crippen LogP contribution < -0.4 is 11.2 Å². The number of aromatic amines is 1. The first-order valence-electron chi connectivity index (χ1n) is 8.05. The number of fused-ring (bicyclic) bond motifs is 1. The molecule has 1 aromatic carbocycles. The number of amides is 1. The Morgan fingerprint density at radius 1 is 1.30 bits per heavy atom. The number of hydrogen-bond acceptors (Lipinski definition) is 6. The van der Waals surface area contributed by atoms with E-state index in [-0.39, 0.29) is 5.43 Å². The van der Waals surface area contributed by atoms with Crippen LogP contribution >= 0.6 is 11.8 Å². The average Bonchev–Trinajstić information content (AvgIpc) is 3.29. The van der Waals surface area contributed by atoms with E-state index in [0.29, 0.717) is 39.0 Å². The van der Waals surface area contributed by atoms with Crippen molar-refractivity contribution in [3.8, 4) is 11.6 Å². The van der Waals surface area contributed by atoms with Crippen molar-refractivity contribution in [3.63, 3.8) is 0 Å². The molecule has 4 rings (SSSR count).